The molecule has 14 heavy (non-hydrogen) atoms. The molecular weight excluding hydrogens is 178 g/mol. The van der Waals surface area contributed by atoms with Crippen molar-refractivity contribution in [3.63, 3.8) is 0 Å². The molecule has 0 radical (unpaired) electrons. The van der Waals surface area contributed by atoms with Crippen molar-refractivity contribution >= 4 is 0 Å². The van der Waals surface area contributed by atoms with Crippen LogP contribution in [0.25, 0.3) is 0 Å². The van der Waals surface area contributed by atoms with Crippen molar-refractivity contribution in [1.29, 1.82) is 0 Å². The van der Waals surface area contributed by atoms with Crippen molar-refractivity contribution < 1.29 is 9.94 Å². The van der Waals surface area contributed by atoms with Gasteiger partial charge in [-0.1, -0.05) is 32.0 Å². The van der Waals surface area contributed by atoms with Crippen LogP contribution in [0.3, 0.4) is 0 Å². The summed E-state index contributed by atoms with van der Waals surface area (Å²) in [6.45, 7) is 6.38. The van der Waals surface area contributed by atoms with Crippen LogP contribution in [0.1, 0.15) is 25.0 Å². The van der Waals surface area contributed by atoms with Crippen LogP contribution < -0.4 is 10.2 Å². The van der Waals surface area contributed by atoms with E-state index < -0.39 is 0 Å². The molecule has 2 N–H and O–H groups in total. The first kappa shape index (κ1) is 12.9. The number of nitrogens with one attached hydrogen (secondary N) is 1. The maximum Gasteiger partial charge on any atom is 0.126 e. The molecule has 0 bridgehead atoms. The smallest absolute Gasteiger partial charge is 0.126 e. The minimum Gasteiger partial charge on any atom is -0.496 e. The number of methoxy groups -OCH3 is 1. The summed E-state index contributed by atoms with van der Waals surface area (Å²) in [6, 6.07) is 5.82. The molecule has 0 saturated carbocycles. The minimum absolute atomic E-state index is 0.408. The normalized spacial score (nSPS) is 8.93. The first-order valence-corrected chi connectivity index (χ1v) is 4.79. The monoisotopic (exact) mass is 197 g/mol. The maximum absolute atomic E-state index is 8.52. The van der Waals surface area contributed by atoms with Gasteiger partial charge in [0.15, 0.2) is 0 Å². The summed E-state index contributed by atoms with van der Waals surface area (Å²) >= 11 is 0. The second-order valence-corrected chi connectivity index (χ2v) is 2.60. The Morgan fingerprint density at radius 3 is 2.50 bits per heavy atom. The molecule has 80 valence electrons. The molecule has 0 fully saturated rings. The molecule has 0 amide bonds. The molecule has 3 nitrogen and oxygen atoms in total. The van der Waals surface area contributed by atoms with Gasteiger partial charge in [-0.15, -0.1) is 0 Å². The van der Waals surface area contributed by atoms with Crippen molar-refractivity contribution in [3.8, 4) is 5.75 Å². The molecule has 0 heterocycles. The Hall–Kier alpha value is -1.06. The summed E-state index contributed by atoms with van der Waals surface area (Å²) in [5.74, 6) is 0.832. The fraction of sp³-hybridized carbons (Fsp3) is 0.455. The molecule has 0 unspecified atom stereocenters. The van der Waals surface area contributed by atoms with Crippen LogP contribution in [0.2, 0.25) is 0 Å². The molecule has 0 aliphatic heterocycles. The predicted octanol–water partition coefficient (Wildman–Crippen LogP) is 2.51. The van der Waals surface area contributed by atoms with Crippen molar-refractivity contribution in [2.24, 2.45) is 0 Å². The molecule has 0 aliphatic rings. The lowest BCUT2D eigenvalue weighted by Crippen LogP contribution is -2.07. The van der Waals surface area contributed by atoms with Gasteiger partial charge in [-0.05, 0) is 12.5 Å². The van der Waals surface area contributed by atoms with Crippen LogP contribution in [0.4, 0.5) is 0 Å². The third-order valence-electron chi connectivity index (χ3n) is 1.77. The summed E-state index contributed by atoms with van der Waals surface area (Å²) < 4.78 is 5.18. The number of ether oxygens (including phenoxy) is 1. The van der Waals surface area contributed by atoms with Crippen LogP contribution >= 0.6 is 0 Å². The van der Waals surface area contributed by atoms with Crippen molar-refractivity contribution in [1.82, 2.24) is 5.48 Å². The molecule has 0 aromatic heterocycles. The van der Waals surface area contributed by atoms with E-state index in [0.29, 0.717) is 6.54 Å². The maximum atomic E-state index is 8.52. The van der Waals surface area contributed by atoms with Gasteiger partial charge in [-0.3, -0.25) is 0 Å². The Balaban J connectivity index is 0.000000791. The quantitative estimate of drug-likeness (QED) is 0.731. The third kappa shape index (κ3) is 3.36. The third-order valence-corrected chi connectivity index (χ3v) is 1.77. The van der Waals surface area contributed by atoms with E-state index >= 15 is 0 Å². The second kappa shape index (κ2) is 7.35. The van der Waals surface area contributed by atoms with Crippen LogP contribution in [-0.4, -0.2) is 12.3 Å². The molecule has 0 atom stereocenters. The number of rotatable bonds is 3. The average Bonchev–Trinajstić information content (AvgIpc) is 2.22. The van der Waals surface area contributed by atoms with Crippen molar-refractivity contribution in [2.45, 2.75) is 27.3 Å². The fourth-order valence-corrected chi connectivity index (χ4v) is 1.23. The van der Waals surface area contributed by atoms with Crippen molar-refractivity contribution in [2.75, 3.05) is 7.11 Å². The van der Waals surface area contributed by atoms with Gasteiger partial charge < -0.3 is 9.94 Å². The van der Waals surface area contributed by atoms with Gasteiger partial charge in [0.05, 0.1) is 7.11 Å². The Kier molecular flexibility index (Phi) is 6.80. The SMILES string of the molecule is CC.COc1c(C)cccc1CNO. The zero-order valence-corrected chi connectivity index (χ0v) is 9.29. The molecular formula is C11H19NO2. The van der Waals surface area contributed by atoms with Crippen LogP contribution in [0.5, 0.6) is 5.75 Å². The van der Waals surface area contributed by atoms with Gasteiger partial charge in [0.1, 0.15) is 5.75 Å². The summed E-state index contributed by atoms with van der Waals surface area (Å²) in [6.07, 6.45) is 0. The van der Waals surface area contributed by atoms with Gasteiger partial charge in [0.25, 0.3) is 0 Å². The first-order chi connectivity index (χ1) is 6.79. The highest BCUT2D eigenvalue weighted by Crippen LogP contribution is 2.22. The average molecular weight is 197 g/mol. The summed E-state index contributed by atoms with van der Waals surface area (Å²) in [5.41, 5.74) is 4.14. The highest BCUT2D eigenvalue weighted by atomic mass is 16.5. The predicted molar refractivity (Wildman–Crippen MR) is 57.7 cm³/mol. The largest absolute Gasteiger partial charge is 0.496 e. The number of benzene rings is 1. The standard InChI is InChI=1S/C9H13NO2.C2H6/c1-7-4-3-5-8(6-10-11)9(7)12-2;1-2/h3-5,10-11H,6H2,1-2H3;1-2H3. The lowest BCUT2D eigenvalue weighted by Gasteiger charge is -2.09. The number of hydrogen-bond donors (Lipinski definition) is 2. The summed E-state index contributed by atoms with van der Waals surface area (Å²) in [7, 11) is 1.63. The van der Waals surface area contributed by atoms with Crippen LogP contribution in [-0.2, 0) is 6.54 Å². The van der Waals surface area contributed by atoms with E-state index in [2.05, 4.69) is 5.48 Å². The van der Waals surface area contributed by atoms with E-state index in [1.165, 1.54) is 0 Å². The lowest BCUT2D eigenvalue weighted by molar-refractivity contribution is 0.160. The fourth-order valence-electron chi connectivity index (χ4n) is 1.23. The molecule has 0 saturated heterocycles. The Labute approximate surface area is 85.7 Å². The molecule has 1 aromatic rings. The molecule has 1 rings (SSSR count). The van der Waals surface area contributed by atoms with E-state index in [1.54, 1.807) is 7.11 Å². The van der Waals surface area contributed by atoms with E-state index in [-0.39, 0.29) is 0 Å². The number of hydroxylamine groups is 1. The van der Waals surface area contributed by atoms with E-state index in [1.807, 2.05) is 39.0 Å². The Morgan fingerprint density at radius 1 is 1.36 bits per heavy atom. The summed E-state index contributed by atoms with van der Waals surface area (Å²) in [4.78, 5) is 0. The van der Waals surface area contributed by atoms with Gasteiger partial charge in [-0.25, -0.2) is 5.48 Å². The van der Waals surface area contributed by atoms with E-state index in [4.69, 9.17) is 9.94 Å². The van der Waals surface area contributed by atoms with Gasteiger partial charge in [0, 0.05) is 12.1 Å². The van der Waals surface area contributed by atoms with Gasteiger partial charge in [-0.2, -0.15) is 0 Å². The zero-order chi connectivity index (χ0) is 11.0. The topological polar surface area (TPSA) is 41.5 Å². The van der Waals surface area contributed by atoms with Crippen LogP contribution in [0.15, 0.2) is 18.2 Å². The first-order valence-electron chi connectivity index (χ1n) is 4.79. The highest BCUT2D eigenvalue weighted by molar-refractivity contribution is 5.40. The van der Waals surface area contributed by atoms with Gasteiger partial charge in [0.2, 0.25) is 0 Å². The molecule has 1 aromatic carbocycles. The minimum atomic E-state index is 0.408. The number of hydrogen-bond acceptors (Lipinski definition) is 3. The highest BCUT2D eigenvalue weighted by Gasteiger charge is 2.03. The molecule has 3 heteroatoms. The zero-order valence-electron chi connectivity index (χ0n) is 9.29. The Bertz CT molecular complexity index is 261. The lowest BCUT2D eigenvalue weighted by atomic mass is 10.1. The second-order valence-electron chi connectivity index (χ2n) is 2.60. The summed E-state index contributed by atoms with van der Waals surface area (Å²) in [5, 5.41) is 8.52. The number of aryl methyl sites for hydroxylation is 1. The van der Waals surface area contributed by atoms with E-state index in [0.717, 1.165) is 16.9 Å². The van der Waals surface area contributed by atoms with Crippen LogP contribution in [0, 0.1) is 6.92 Å². The van der Waals surface area contributed by atoms with Crippen molar-refractivity contribution in [3.05, 3.63) is 29.3 Å². The molecule has 0 spiro atoms. The Morgan fingerprint density at radius 2 is 2.00 bits per heavy atom. The van der Waals surface area contributed by atoms with Gasteiger partial charge >= 0.3 is 0 Å². The molecule has 0 aliphatic carbocycles. The van der Waals surface area contributed by atoms with E-state index in [9.17, 15) is 0 Å². The number of para-hydroxylation sites is 1.